The van der Waals surface area contributed by atoms with Crippen LogP contribution in [0.25, 0.3) is 11.2 Å². The number of anilines is 4. The number of H-pyrrole nitrogens is 2. The Balaban J connectivity index is 1.50. The Hall–Kier alpha value is -2.87. The minimum Gasteiger partial charge on any atom is -0.399 e. The summed E-state index contributed by atoms with van der Waals surface area (Å²) in [6.45, 7) is 0.894. The molecule has 0 spiro atoms. The van der Waals surface area contributed by atoms with Crippen LogP contribution in [0.4, 0.5) is 23.1 Å². The van der Waals surface area contributed by atoms with E-state index in [1.54, 1.807) is 6.33 Å². The molecule has 1 aliphatic carbocycles. The van der Waals surface area contributed by atoms with E-state index in [0.29, 0.717) is 17.7 Å². The molecule has 140 valence electrons. The zero-order valence-corrected chi connectivity index (χ0v) is 15.2. The van der Waals surface area contributed by atoms with Gasteiger partial charge >= 0.3 is 5.95 Å². The van der Waals surface area contributed by atoms with E-state index in [1.807, 2.05) is 6.07 Å². The molecule has 0 unspecified atom stereocenters. The first-order chi connectivity index (χ1) is 13.2. The highest BCUT2D eigenvalue weighted by Crippen LogP contribution is 2.36. The standard InChI is InChI=1S/C19H24N8/c20-12-1-4-14(5-2-12)24-19-25-17-16(22-10-23-17)18(26-19)27-8-7-11-9-13(21)3-6-15(11)27/h3,6,9-10,12,14H,1-2,4-5,7-8,20-21H2,(H2,22,23,24,25,26)/p+1. The minimum absolute atomic E-state index is 0.331. The number of fused-ring (bicyclic) bond motifs is 2. The van der Waals surface area contributed by atoms with Gasteiger partial charge in [-0.3, -0.25) is 10.2 Å². The predicted octanol–water partition coefficient (Wildman–Crippen LogP) is 1.73. The van der Waals surface area contributed by atoms with Crippen molar-refractivity contribution in [2.75, 3.05) is 22.5 Å². The van der Waals surface area contributed by atoms with Gasteiger partial charge in [0.1, 0.15) is 0 Å². The molecular weight excluding hydrogens is 340 g/mol. The number of nitrogens with two attached hydrogens (primary N) is 2. The van der Waals surface area contributed by atoms with Crippen LogP contribution in [0.2, 0.25) is 0 Å². The Morgan fingerprint density at radius 2 is 2.07 bits per heavy atom. The molecular formula is C19H25N8+. The molecule has 0 amide bonds. The molecule has 1 aromatic carbocycles. The van der Waals surface area contributed by atoms with Crippen LogP contribution in [0.15, 0.2) is 24.5 Å². The molecule has 27 heavy (non-hydrogen) atoms. The van der Waals surface area contributed by atoms with Crippen LogP contribution in [-0.2, 0) is 6.42 Å². The first kappa shape index (κ1) is 16.3. The molecule has 3 heterocycles. The smallest absolute Gasteiger partial charge is 0.347 e. The summed E-state index contributed by atoms with van der Waals surface area (Å²) in [5, 5.41) is 3.56. The second-order valence-electron chi connectivity index (χ2n) is 7.58. The Morgan fingerprint density at radius 3 is 2.93 bits per heavy atom. The first-order valence-electron chi connectivity index (χ1n) is 9.62. The Labute approximate surface area is 157 Å². The summed E-state index contributed by atoms with van der Waals surface area (Å²) in [5.41, 5.74) is 16.9. The van der Waals surface area contributed by atoms with E-state index in [9.17, 15) is 0 Å². The Bertz CT molecular complexity index is 973. The number of nitrogen functional groups attached to an aromatic ring is 1. The number of hydrogen-bond donors (Lipinski definition) is 4. The molecule has 7 N–H and O–H groups in total. The molecule has 1 fully saturated rings. The molecule has 0 atom stereocenters. The van der Waals surface area contributed by atoms with Crippen LogP contribution in [0.5, 0.6) is 0 Å². The lowest BCUT2D eigenvalue weighted by Gasteiger charge is -2.25. The van der Waals surface area contributed by atoms with Gasteiger partial charge in [0.15, 0.2) is 5.52 Å². The summed E-state index contributed by atoms with van der Waals surface area (Å²) >= 11 is 0. The van der Waals surface area contributed by atoms with Gasteiger partial charge in [-0.2, -0.15) is 0 Å². The average Bonchev–Trinajstić information content (AvgIpc) is 3.29. The number of hydrogen-bond acceptors (Lipinski definition) is 6. The van der Waals surface area contributed by atoms with Gasteiger partial charge in [-0.15, -0.1) is 0 Å². The normalized spacial score (nSPS) is 22.2. The number of imidazole rings is 1. The predicted molar refractivity (Wildman–Crippen MR) is 106 cm³/mol. The van der Waals surface area contributed by atoms with Crippen molar-refractivity contribution in [3.63, 3.8) is 0 Å². The van der Waals surface area contributed by atoms with Crippen LogP contribution in [0, 0.1) is 0 Å². The summed E-state index contributed by atoms with van der Waals surface area (Å²) in [4.78, 5) is 18.1. The molecule has 2 aromatic heterocycles. The largest absolute Gasteiger partial charge is 0.399 e. The molecule has 5 rings (SSSR count). The quantitative estimate of drug-likeness (QED) is 0.524. The highest BCUT2D eigenvalue weighted by molar-refractivity contribution is 5.86. The molecule has 0 saturated heterocycles. The van der Waals surface area contributed by atoms with Gasteiger partial charge < -0.3 is 16.5 Å². The van der Waals surface area contributed by atoms with Gasteiger partial charge in [0, 0.05) is 18.2 Å². The van der Waals surface area contributed by atoms with Gasteiger partial charge in [0.2, 0.25) is 11.5 Å². The van der Waals surface area contributed by atoms with Crippen LogP contribution in [-0.4, -0.2) is 33.6 Å². The maximum Gasteiger partial charge on any atom is 0.347 e. The molecule has 8 nitrogen and oxygen atoms in total. The topological polar surface area (TPSA) is 123 Å². The first-order valence-corrected chi connectivity index (χ1v) is 9.62. The number of rotatable bonds is 3. The summed E-state index contributed by atoms with van der Waals surface area (Å²) in [5.74, 6) is 1.74. The molecule has 1 saturated carbocycles. The van der Waals surface area contributed by atoms with Crippen LogP contribution in [0.3, 0.4) is 0 Å². The zero-order valence-electron chi connectivity index (χ0n) is 15.2. The molecule has 8 heteroatoms. The second kappa shape index (κ2) is 6.38. The van der Waals surface area contributed by atoms with Crippen molar-refractivity contribution in [2.24, 2.45) is 5.73 Å². The SMILES string of the molecule is Nc1ccc2c(c1)CCN2c1[nH+]c(NC2CCC(N)CC2)nc2nc[nH]c12. The van der Waals surface area contributed by atoms with Crippen LogP contribution < -0.4 is 26.7 Å². The maximum absolute atomic E-state index is 6.03. The maximum atomic E-state index is 6.03. The van der Waals surface area contributed by atoms with Crippen LogP contribution in [0.1, 0.15) is 31.2 Å². The average molecular weight is 365 g/mol. The molecule has 0 radical (unpaired) electrons. The van der Waals surface area contributed by atoms with E-state index in [1.165, 1.54) is 11.3 Å². The van der Waals surface area contributed by atoms with Crippen molar-refractivity contribution >= 4 is 34.3 Å². The summed E-state index contributed by atoms with van der Waals surface area (Å²) in [6.07, 6.45) is 6.90. The Morgan fingerprint density at radius 1 is 1.22 bits per heavy atom. The lowest BCUT2D eigenvalue weighted by Crippen LogP contribution is -2.35. The second-order valence-corrected chi connectivity index (χ2v) is 7.58. The fourth-order valence-electron chi connectivity index (χ4n) is 4.24. The number of aromatic nitrogens is 4. The fraction of sp³-hybridized carbons (Fsp3) is 0.421. The minimum atomic E-state index is 0.331. The molecule has 3 aromatic rings. The summed E-state index contributed by atoms with van der Waals surface area (Å²) < 4.78 is 0. The van der Waals surface area contributed by atoms with E-state index in [2.05, 4.69) is 42.3 Å². The van der Waals surface area contributed by atoms with E-state index in [4.69, 9.17) is 11.5 Å². The van der Waals surface area contributed by atoms with E-state index >= 15 is 0 Å². The molecule has 1 aliphatic heterocycles. The van der Waals surface area contributed by atoms with E-state index < -0.39 is 0 Å². The monoisotopic (exact) mass is 365 g/mol. The summed E-state index contributed by atoms with van der Waals surface area (Å²) in [6, 6.07) is 6.82. The fourth-order valence-corrected chi connectivity index (χ4v) is 4.24. The van der Waals surface area contributed by atoms with Crippen molar-refractivity contribution in [3.8, 4) is 0 Å². The number of nitrogens with one attached hydrogen (secondary N) is 3. The van der Waals surface area contributed by atoms with Crippen molar-refractivity contribution in [1.82, 2.24) is 15.0 Å². The highest BCUT2D eigenvalue weighted by Gasteiger charge is 2.30. The van der Waals surface area contributed by atoms with Gasteiger partial charge in [0.25, 0.3) is 0 Å². The highest BCUT2D eigenvalue weighted by atomic mass is 15.3. The number of nitrogens with zero attached hydrogens (tertiary/aromatic N) is 3. The van der Waals surface area contributed by atoms with E-state index in [0.717, 1.165) is 61.6 Å². The third-order valence-electron chi connectivity index (χ3n) is 5.69. The van der Waals surface area contributed by atoms with Gasteiger partial charge in [0.05, 0.1) is 24.6 Å². The number of aromatic amines is 2. The summed E-state index contributed by atoms with van der Waals surface area (Å²) in [7, 11) is 0. The van der Waals surface area contributed by atoms with Crippen molar-refractivity contribution in [1.29, 1.82) is 0 Å². The van der Waals surface area contributed by atoms with Crippen molar-refractivity contribution in [3.05, 3.63) is 30.1 Å². The molecule has 2 aliphatic rings. The van der Waals surface area contributed by atoms with Crippen molar-refractivity contribution < 1.29 is 4.98 Å². The third-order valence-corrected chi connectivity index (χ3v) is 5.69. The lowest BCUT2D eigenvalue weighted by molar-refractivity contribution is -0.348. The van der Waals surface area contributed by atoms with Gasteiger partial charge in [-0.05, 0) is 49.4 Å². The third kappa shape index (κ3) is 2.95. The van der Waals surface area contributed by atoms with Gasteiger partial charge in [-0.25, -0.2) is 9.97 Å². The molecule has 0 bridgehead atoms. The van der Waals surface area contributed by atoms with E-state index in [-0.39, 0.29) is 0 Å². The zero-order chi connectivity index (χ0) is 18.4. The number of benzene rings is 1. The van der Waals surface area contributed by atoms with Gasteiger partial charge in [-0.1, -0.05) is 4.98 Å². The van der Waals surface area contributed by atoms with Crippen LogP contribution >= 0.6 is 0 Å². The lowest BCUT2D eigenvalue weighted by atomic mass is 9.92. The Kier molecular flexibility index (Phi) is 3.86. The van der Waals surface area contributed by atoms with Crippen molar-refractivity contribution in [2.45, 2.75) is 44.2 Å².